The minimum atomic E-state index is -4.88. The molecule has 0 aliphatic rings. The lowest BCUT2D eigenvalue weighted by molar-refractivity contribution is -0.140. The van der Waals surface area contributed by atoms with Crippen LogP contribution in [0.1, 0.15) is 37.5 Å². The van der Waals surface area contributed by atoms with Gasteiger partial charge in [-0.25, -0.2) is 8.42 Å². The zero-order valence-electron chi connectivity index (χ0n) is 24.3. The van der Waals surface area contributed by atoms with Crippen LogP contribution in [0.3, 0.4) is 0 Å². The normalized spacial score (nSPS) is 12.9. The lowest BCUT2D eigenvalue weighted by Crippen LogP contribution is -2.56. The van der Waals surface area contributed by atoms with Gasteiger partial charge in [0, 0.05) is 18.5 Å². The van der Waals surface area contributed by atoms with E-state index in [1.54, 1.807) is 57.2 Å². The summed E-state index contributed by atoms with van der Waals surface area (Å²) in [5.41, 5.74) is -1.20. The summed E-state index contributed by atoms with van der Waals surface area (Å²) in [5, 5.41) is 2.68. The smallest absolute Gasteiger partial charge is 0.350 e. The van der Waals surface area contributed by atoms with Crippen molar-refractivity contribution in [1.29, 1.82) is 0 Å². The molecule has 0 spiro atoms. The third-order valence-corrected chi connectivity index (χ3v) is 8.54. The number of anilines is 1. The monoisotopic (exact) mass is 691 g/mol. The van der Waals surface area contributed by atoms with Gasteiger partial charge in [0.25, 0.3) is 0 Å². The van der Waals surface area contributed by atoms with Gasteiger partial charge in [0.05, 0.1) is 32.6 Å². The highest BCUT2D eigenvalue weighted by atomic mass is 35.5. The molecule has 7 nitrogen and oxygen atoms in total. The summed E-state index contributed by atoms with van der Waals surface area (Å²) < 4.78 is 67.2. The molecule has 0 radical (unpaired) electrons. The fraction of sp³-hybridized carbons (Fsp3) is 0.333. The van der Waals surface area contributed by atoms with E-state index in [9.17, 15) is 31.2 Å². The molecule has 3 aromatic carbocycles. The van der Waals surface area contributed by atoms with Crippen molar-refractivity contribution in [2.24, 2.45) is 0 Å². The Labute approximate surface area is 269 Å². The number of halogens is 6. The van der Waals surface area contributed by atoms with E-state index in [2.05, 4.69) is 5.32 Å². The molecule has 44 heavy (non-hydrogen) atoms. The zero-order chi connectivity index (χ0) is 33.0. The topological polar surface area (TPSA) is 86.8 Å². The predicted molar refractivity (Wildman–Crippen MR) is 167 cm³/mol. The molecule has 0 bridgehead atoms. The van der Waals surface area contributed by atoms with Crippen molar-refractivity contribution < 1.29 is 31.2 Å². The molecular weight excluding hydrogens is 662 g/mol. The van der Waals surface area contributed by atoms with Crippen LogP contribution in [0.5, 0.6) is 0 Å². The van der Waals surface area contributed by atoms with Crippen molar-refractivity contribution in [3.05, 3.63) is 98.5 Å². The summed E-state index contributed by atoms with van der Waals surface area (Å²) in [6.07, 6.45) is -4.07. The highest BCUT2D eigenvalue weighted by Gasteiger charge is 2.37. The third kappa shape index (κ3) is 9.76. The van der Waals surface area contributed by atoms with Crippen LogP contribution in [0.15, 0.2) is 66.7 Å². The molecule has 1 N–H and O–H groups in total. The number of nitrogens with zero attached hydrogens (tertiary/aromatic N) is 2. The van der Waals surface area contributed by atoms with Crippen molar-refractivity contribution in [3.63, 3.8) is 0 Å². The standard InChI is InChI=1S/C30H31Cl3F3N3O4S/c1-29(2,3)37-28(41)26(15-19-8-6-5-7-9-19)38(17-20-10-12-24(32)25(33)14-20)27(40)18-39(44(4,42)43)21-11-13-23(31)22(16-21)30(34,35)36/h5-14,16,26H,15,17-18H2,1-4H3,(H,37,41)/t26-/m1/s1. The maximum atomic E-state index is 14.1. The first-order valence-electron chi connectivity index (χ1n) is 13.2. The van der Waals surface area contributed by atoms with Crippen LogP contribution in [0.4, 0.5) is 18.9 Å². The first kappa shape index (κ1) is 35.5. The number of rotatable bonds is 10. The highest BCUT2D eigenvalue weighted by molar-refractivity contribution is 7.92. The Bertz CT molecular complexity index is 1620. The van der Waals surface area contributed by atoms with Gasteiger partial charge in [0.15, 0.2) is 0 Å². The van der Waals surface area contributed by atoms with E-state index < -0.39 is 62.4 Å². The van der Waals surface area contributed by atoms with Crippen LogP contribution in [-0.2, 0) is 38.8 Å². The number of hydrogen-bond donors (Lipinski definition) is 1. The van der Waals surface area contributed by atoms with E-state index in [1.165, 1.54) is 17.0 Å². The molecule has 3 aromatic rings. The van der Waals surface area contributed by atoms with Crippen LogP contribution in [-0.4, -0.2) is 49.5 Å². The van der Waals surface area contributed by atoms with Crippen LogP contribution < -0.4 is 9.62 Å². The van der Waals surface area contributed by atoms with Gasteiger partial charge in [-0.1, -0.05) is 71.2 Å². The molecule has 0 saturated heterocycles. The summed E-state index contributed by atoms with van der Waals surface area (Å²) in [6, 6.07) is 14.9. The van der Waals surface area contributed by atoms with Gasteiger partial charge < -0.3 is 10.2 Å². The fourth-order valence-corrected chi connectivity index (χ4v) is 5.73. The molecular formula is C30H31Cl3F3N3O4S. The van der Waals surface area contributed by atoms with Gasteiger partial charge in [0.1, 0.15) is 12.6 Å². The predicted octanol–water partition coefficient (Wildman–Crippen LogP) is 6.99. The summed E-state index contributed by atoms with van der Waals surface area (Å²) in [6.45, 7) is 4.18. The summed E-state index contributed by atoms with van der Waals surface area (Å²) in [5.74, 6) is -1.37. The second kappa shape index (κ2) is 14.0. The summed E-state index contributed by atoms with van der Waals surface area (Å²) in [4.78, 5) is 29.0. The Morgan fingerprint density at radius 1 is 0.864 bits per heavy atom. The highest BCUT2D eigenvalue weighted by Crippen LogP contribution is 2.37. The number of alkyl halides is 3. The van der Waals surface area contributed by atoms with Gasteiger partial charge in [-0.15, -0.1) is 0 Å². The molecule has 0 unspecified atom stereocenters. The van der Waals surface area contributed by atoms with Crippen LogP contribution in [0.2, 0.25) is 15.1 Å². The number of sulfonamides is 1. The second-order valence-corrected chi connectivity index (χ2v) is 14.3. The number of carbonyl (C=O) groups is 2. The number of amides is 2. The largest absolute Gasteiger partial charge is 0.417 e. The second-order valence-electron chi connectivity index (χ2n) is 11.1. The molecule has 238 valence electrons. The van der Waals surface area contributed by atoms with E-state index >= 15 is 0 Å². The maximum Gasteiger partial charge on any atom is 0.417 e. The number of hydrogen-bond acceptors (Lipinski definition) is 4. The molecule has 0 aliphatic carbocycles. The Kier molecular flexibility index (Phi) is 11.3. The first-order chi connectivity index (χ1) is 20.3. The van der Waals surface area contributed by atoms with Crippen molar-refractivity contribution in [2.75, 3.05) is 17.1 Å². The number of nitrogens with one attached hydrogen (secondary N) is 1. The molecule has 0 aliphatic heterocycles. The minimum Gasteiger partial charge on any atom is -0.350 e. The SMILES string of the molecule is CC(C)(C)NC(=O)[C@@H](Cc1ccccc1)N(Cc1ccc(Cl)c(Cl)c1)C(=O)CN(c1ccc(Cl)c(C(F)(F)F)c1)S(C)(=O)=O. The van der Waals surface area contributed by atoms with Crippen LogP contribution in [0, 0.1) is 0 Å². The van der Waals surface area contributed by atoms with E-state index in [-0.39, 0.29) is 23.0 Å². The maximum absolute atomic E-state index is 14.1. The molecule has 14 heteroatoms. The lowest BCUT2D eigenvalue weighted by Gasteiger charge is -2.35. The number of carbonyl (C=O) groups excluding carboxylic acids is 2. The first-order valence-corrected chi connectivity index (χ1v) is 16.2. The van der Waals surface area contributed by atoms with Crippen molar-refractivity contribution in [2.45, 2.75) is 51.5 Å². The van der Waals surface area contributed by atoms with Gasteiger partial charge >= 0.3 is 6.18 Å². The van der Waals surface area contributed by atoms with Crippen molar-refractivity contribution in [1.82, 2.24) is 10.2 Å². The van der Waals surface area contributed by atoms with Gasteiger partial charge in [0.2, 0.25) is 21.8 Å². The van der Waals surface area contributed by atoms with Crippen LogP contribution >= 0.6 is 34.8 Å². The molecule has 0 heterocycles. The number of benzene rings is 3. The summed E-state index contributed by atoms with van der Waals surface area (Å²) >= 11 is 18.0. The molecule has 3 rings (SSSR count). The third-order valence-electron chi connectivity index (χ3n) is 6.33. The molecule has 2 amide bonds. The molecule has 0 fully saturated rings. The quantitative estimate of drug-likeness (QED) is 0.248. The summed E-state index contributed by atoms with van der Waals surface area (Å²) in [7, 11) is -4.30. The van der Waals surface area contributed by atoms with Gasteiger partial charge in [-0.05, 0) is 62.2 Å². The zero-order valence-corrected chi connectivity index (χ0v) is 27.3. The Hall–Kier alpha value is -2.99. The van der Waals surface area contributed by atoms with E-state index in [1.807, 2.05) is 0 Å². The van der Waals surface area contributed by atoms with Crippen molar-refractivity contribution in [3.8, 4) is 0 Å². The van der Waals surface area contributed by atoms with Crippen molar-refractivity contribution >= 4 is 62.3 Å². The molecule has 0 aromatic heterocycles. The Morgan fingerprint density at radius 2 is 1.48 bits per heavy atom. The average Bonchev–Trinajstić information content (AvgIpc) is 2.90. The van der Waals surface area contributed by atoms with Gasteiger partial charge in [-0.3, -0.25) is 13.9 Å². The van der Waals surface area contributed by atoms with E-state index in [0.717, 1.165) is 18.4 Å². The Balaban J connectivity index is 2.14. The minimum absolute atomic E-state index is 0.0495. The van der Waals surface area contributed by atoms with Gasteiger partial charge in [-0.2, -0.15) is 13.2 Å². The molecule has 0 saturated carbocycles. The van der Waals surface area contributed by atoms with Crippen LogP contribution in [0.25, 0.3) is 0 Å². The average molecular weight is 693 g/mol. The lowest BCUT2D eigenvalue weighted by atomic mass is 10.0. The van der Waals surface area contributed by atoms with E-state index in [0.29, 0.717) is 21.5 Å². The fourth-order valence-electron chi connectivity index (χ4n) is 4.34. The van der Waals surface area contributed by atoms with E-state index in [4.69, 9.17) is 34.8 Å². The molecule has 1 atom stereocenters. The Morgan fingerprint density at radius 3 is 2.02 bits per heavy atom.